The van der Waals surface area contributed by atoms with Crippen molar-refractivity contribution in [2.45, 2.75) is 64.6 Å². The van der Waals surface area contributed by atoms with Crippen LogP contribution in [0, 0.1) is 0 Å². The van der Waals surface area contributed by atoms with E-state index >= 15 is 0 Å². The molecule has 1 rings (SSSR count). The van der Waals surface area contributed by atoms with E-state index in [0.29, 0.717) is 6.04 Å². The van der Waals surface area contributed by atoms with Crippen molar-refractivity contribution in [1.82, 2.24) is 15.1 Å². The lowest BCUT2D eigenvalue weighted by atomic mass is 10.0. The van der Waals surface area contributed by atoms with Crippen molar-refractivity contribution in [1.29, 1.82) is 0 Å². The highest BCUT2D eigenvalue weighted by molar-refractivity contribution is 4.80. The maximum atomic E-state index is 3.58. The highest BCUT2D eigenvalue weighted by Crippen LogP contribution is 2.17. The van der Waals surface area contributed by atoms with Crippen molar-refractivity contribution >= 4 is 0 Å². The van der Waals surface area contributed by atoms with Crippen molar-refractivity contribution < 1.29 is 0 Å². The van der Waals surface area contributed by atoms with E-state index in [2.05, 4.69) is 56.9 Å². The van der Waals surface area contributed by atoms with Crippen LogP contribution in [-0.4, -0.2) is 61.2 Å². The summed E-state index contributed by atoms with van der Waals surface area (Å²) < 4.78 is 0. The number of hydrogen-bond donors (Lipinski definition) is 1. The first-order chi connectivity index (χ1) is 8.29. The van der Waals surface area contributed by atoms with E-state index < -0.39 is 0 Å². The molecule has 1 saturated heterocycles. The van der Waals surface area contributed by atoms with Crippen LogP contribution in [0.4, 0.5) is 0 Å². The summed E-state index contributed by atoms with van der Waals surface area (Å²) in [6.07, 6.45) is 3.88. The first kappa shape index (κ1) is 15.9. The smallest absolute Gasteiger partial charge is 0.0119 e. The molecule has 0 aromatic heterocycles. The summed E-state index contributed by atoms with van der Waals surface area (Å²) in [5.74, 6) is 0. The Morgan fingerprint density at radius 2 is 1.83 bits per heavy atom. The van der Waals surface area contributed by atoms with Crippen molar-refractivity contribution in [3.63, 3.8) is 0 Å². The minimum absolute atomic E-state index is 0.242. The zero-order chi connectivity index (χ0) is 13.8. The number of piperidine rings is 1. The first-order valence-corrected chi connectivity index (χ1v) is 7.45. The third-order valence-electron chi connectivity index (χ3n) is 4.18. The normalized spacial score (nSPS) is 21.5. The van der Waals surface area contributed by atoms with Crippen LogP contribution in [0.15, 0.2) is 0 Å². The SMILES string of the molecule is CC(CCNC(C)(C)C)N(C)C1CCN(C)CC1. The fourth-order valence-electron chi connectivity index (χ4n) is 2.62. The Balaban J connectivity index is 2.26. The molecule has 0 saturated carbocycles. The van der Waals surface area contributed by atoms with Crippen LogP contribution in [0.2, 0.25) is 0 Å². The summed E-state index contributed by atoms with van der Waals surface area (Å²) >= 11 is 0. The highest BCUT2D eigenvalue weighted by Gasteiger charge is 2.23. The predicted molar refractivity (Wildman–Crippen MR) is 80.1 cm³/mol. The Hall–Kier alpha value is -0.120. The molecule has 1 unspecified atom stereocenters. The molecular formula is C15H33N3. The Morgan fingerprint density at radius 1 is 1.28 bits per heavy atom. The minimum atomic E-state index is 0.242. The molecule has 1 fully saturated rings. The molecule has 1 aliphatic rings. The number of nitrogens with zero attached hydrogens (tertiary/aromatic N) is 2. The van der Waals surface area contributed by atoms with E-state index in [1.807, 2.05) is 0 Å². The monoisotopic (exact) mass is 255 g/mol. The highest BCUT2D eigenvalue weighted by atomic mass is 15.2. The number of hydrogen-bond acceptors (Lipinski definition) is 3. The summed E-state index contributed by atoms with van der Waals surface area (Å²) in [6.45, 7) is 12.7. The van der Waals surface area contributed by atoms with Gasteiger partial charge in [-0.15, -0.1) is 0 Å². The Bertz CT molecular complexity index is 226. The van der Waals surface area contributed by atoms with Crippen molar-refractivity contribution in [3.05, 3.63) is 0 Å². The molecule has 1 atom stereocenters. The molecule has 108 valence electrons. The van der Waals surface area contributed by atoms with Gasteiger partial charge in [0.2, 0.25) is 0 Å². The summed E-state index contributed by atoms with van der Waals surface area (Å²) in [5, 5.41) is 3.58. The van der Waals surface area contributed by atoms with E-state index in [1.165, 1.54) is 32.4 Å². The van der Waals surface area contributed by atoms with Crippen LogP contribution in [0.5, 0.6) is 0 Å². The van der Waals surface area contributed by atoms with E-state index in [0.717, 1.165) is 12.6 Å². The molecule has 3 nitrogen and oxygen atoms in total. The molecule has 0 radical (unpaired) electrons. The van der Waals surface area contributed by atoms with Crippen LogP contribution in [0.3, 0.4) is 0 Å². The lowest BCUT2D eigenvalue weighted by Gasteiger charge is -2.38. The minimum Gasteiger partial charge on any atom is -0.312 e. The van der Waals surface area contributed by atoms with Gasteiger partial charge in [-0.25, -0.2) is 0 Å². The fraction of sp³-hybridized carbons (Fsp3) is 1.00. The van der Waals surface area contributed by atoms with Gasteiger partial charge in [0, 0.05) is 17.6 Å². The maximum Gasteiger partial charge on any atom is 0.0119 e. The van der Waals surface area contributed by atoms with Gasteiger partial charge in [0.1, 0.15) is 0 Å². The first-order valence-electron chi connectivity index (χ1n) is 7.45. The topological polar surface area (TPSA) is 18.5 Å². The summed E-state index contributed by atoms with van der Waals surface area (Å²) in [4.78, 5) is 5.04. The van der Waals surface area contributed by atoms with Gasteiger partial charge in [-0.1, -0.05) is 0 Å². The van der Waals surface area contributed by atoms with Gasteiger partial charge in [0.05, 0.1) is 0 Å². The van der Waals surface area contributed by atoms with E-state index in [4.69, 9.17) is 0 Å². The van der Waals surface area contributed by atoms with Crippen LogP contribution in [0.25, 0.3) is 0 Å². The average molecular weight is 255 g/mol. The molecule has 3 heteroatoms. The van der Waals surface area contributed by atoms with Gasteiger partial charge in [0.15, 0.2) is 0 Å². The molecule has 0 aromatic rings. The number of rotatable bonds is 5. The van der Waals surface area contributed by atoms with Crippen LogP contribution in [0.1, 0.15) is 47.0 Å². The summed E-state index contributed by atoms with van der Waals surface area (Å²) in [7, 11) is 4.53. The molecule has 0 aromatic carbocycles. The van der Waals surface area contributed by atoms with E-state index in [1.54, 1.807) is 0 Å². The molecule has 1 aliphatic heterocycles. The van der Waals surface area contributed by atoms with Gasteiger partial charge < -0.3 is 15.1 Å². The van der Waals surface area contributed by atoms with E-state index in [9.17, 15) is 0 Å². The van der Waals surface area contributed by atoms with Crippen molar-refractivity contribution in [3.8, 4) is 0 Å². The second-order valence-corrected chi connectivity index (χ2v) is 7.01. The van der Waals surface area contributed by atoms with Gasteiger partial charge >= 0.3 is 0 Å². The number of likely N-dealkylation sites (tertiary alicyclic amines) is 1. The average Bonchev–Trinajstić information content (AvgIpc) is 2.27. The lowest BCUT2D eigenvalue weighted by molar-refractivity contribution is 0.109. The molecule has 1 heterocycles. The Kier molecular flexibility index (Phi) is 6.09. The zero-order valence-corrected chi connectivity index (χ0v) is 13.3. The van der Waals surface area contributed by atoms with Crippen molar-refractivity contribution in [2.75, 3.05) is 33.7 Å². The second-order valence-electron chi connectivity index (χ2n) is 7.01. The molecular weight excluding hydrogens is 222 g/mol. The van der Waals surface area contributed by atoms with Crippen LogP contribution < -0.4 is 5.32 Å². The maximum absolute atomic E-state index is 3.58. The molecule has 0 bridgehead atoms. The molecule has 0 amide bonds. The van der Waals surface area contributed by atoms with Gasteiger partial charge in [0.25, 0.3) is 0 Å². The molecule has 18 heavy (non-hydrogen) atoms. The zero-order valence-electron chi connectivity index (χ0n) is 13.3. The molecule has 1 N–H and O–H groups in total. The largest absolute Gasteiger partial charge is 0.312 e. The van der Waals surface area contributed by atoms with Gasteiger partial charge in [-0.3, -0.25) is 0 Å². The quantitative estimate of drug-likeness (QED) is 0.812. The number of nitrogens with one attached hydrogen (secondary N) is 1. The second kappa shape index (κ2) is 6.88. The summed E-state index contributed by atoms with van der Waals surface area (Å²) in [5.41, 5.74) is 0.242. The van der Waals surface area contributed by atoms with E-state index in [-0.39, 0.29) is 5.54 Å². The fourth-order valence-corrected chi connectivity index (χ4v) is 2.62. The molecule has 0 spiro atoms. The standard InChI is InChI=1S/C15H33N3/c1-13(7-10-16-15(2,3)4)18(6)14-8-11-17(5)12-9-14/h13-14,16H,7-12H2,1-6H3. The van der Waals surface area contributed by atoms with Crippen molar-refractivity contribution in [2.24, 2.45) is 0 Å². The van der Waals surface area contributed by atoms with Gasteiger partial charge in [-0.05, 0) is 80.7 Å². The molecule has 0 aliphatic carbocycles. The predicted octanol–water partition coefficient (Wildman–Crippen LogP) is 2.18. The Labute approximate surface area is 114 Å². The van der Waals surface area contributed by atoms with Crippen LogP contribution in [-0.2, 0) is 0 Å². The van der Waals surface area contributed by atoms with Crippen LogP contribution >= 0.6 is 0 Å². The third kappa shape index (κ3) is 5.68. The lowest BCUT2D eigenvalue weighted by Crippen LogP contribution is -2.46. The van der Waals surface area contributed by atoms with Gasteiger partial charge in [-0.2, -0.15) is 0 Å². The Morgan fingerprint density at radius 3 is 2.33 bits per heavy atom. The summed E-state index contributed by atoms with van der Waals surface area (Å²) in [6, 6.07) is 1.46. The third-order valence-corrected chi connectivity index (χ3v) is 4.18.